The van der Waals surface area contributed by atoms with Crippen molar-refractivity contribution in [2.75, 3.05) is 25.1 Å². The Balaban J connectivity index is 2.12. The molecule has 1 spiro atoms. The Morgan fingerprint density at radius 1 is 1.50 bits per heavy atom. The Morgan fingerprint density at radius 2 is 2.43 bits per heavy atom. The molecule has 1 atom stereocenters. The van der Waals surface area contributed by atoms with Crippen LogP contribution in [0.1, 0.15) is 12.1 Å². The predicted molar refractivity (Wildman–Crippen MR) is 54.9 cm³/mol. The summed E-state index contributed by atoms with van der Waals surface area (Å²) in [5.41, 5.74) is 2.28. The molecule has 0 aliphatic carbocycles. The Morgan fingerprint density at radius 3 is 3.21 bits per heavy atom. The average molecular weight is 211 g/mol. The molecular formula is C10H11ClN2O. The topological polar surface area (TPSA) is 34.1 Å². The number of halogens is 1. The van der Waals surface area contributed by atoms with Gasteiger partial charge in [0.15, 0.2) is 0 Å². The third-order valence-electron chi connectivity index (χ3n) is 3.08. The molecular weight excluding hydrogens is 200 g/mol. The molecule has 3 nitrogen and oxygen atoms in total. The van der Waals surface area contributed by atoms with Gasteiger partial charge in [-0.1, -0.05) is 11.6 Å². The summed E-state index contributed by atoms with van der Waals surface area (Å²) in [6.45, 7) is 2.52. The van der Waals surface area contributed by atoms with Gasteiger partial charge in [0.1, 0.15) is 5.15 Å². The molecule has 4 heteroatoms. The van der Waals surface area contributed by atoms with Crippen molar-refractivity contribution in [3.8, 4) is 0 Å². The molecule has 2 aliphatic heterocycles. The van der Waals surface area contributed by atoms with E-state index in [2.05, 4.69) is 10.3 Å². The summed E-state index contributed by atoms with van der Waals surface area (Å²) in [5, 5.41) is 3.93. The lowest BCUT2D eigenvalue weighted by atomic mass is 9.85. The third kappa shape index (κ3) is 1.06. The molecule has 1 aromatic rings. The van der Waals surface area contributed by atoms with Gasteiger partial charge in [-0.25, -0.2) is 4.98 Å². The van der Waals surface area contributed by atoms with E-state index in [0.717, 1.165) is 37.6 Å². The molecule has 3 heterocycles. The number of rotatable bonds is 0. The molecule has 0 saturated carbocycles. The highest BCUT2D eigenvalue weighted by Crippen LogP contribution is 2.41. The van der Waals surface area contributed by atoms with Crippen molar-refractivity contribution in [3.05, 3.63) is 23.0 Å². The SMILES string of the molecule is Clc1ccc2c(n1)C1(CCOC1)CN2. The number of pyridine rings is 1. The first kappa shape index (κ1) is 8.50. The molecule has 1 saturated heterocycles. The van der Waals surface area contributed by atoms with Gasteiger partial charge in [-0.15, -0.1) is 0 Å². The van der Waals surface area contributed by atoms with Gasteiger partial charge < -0.3 is 10.1 Å². The fourth-order valence-electron chi connectivity index (χ4n) is 2.26. The molecule has 14 heavy (non-hydrogen) atoms. The second kappa shape index (κ2) is 2.84. The van der Waals surface area contributed by atoms with Crippen LogP contribution in [0.4, 0.5) is 5.69 Å². The lowest BCUT2D eigenvalue weighted by Crippen LogP contribution is -2.29. The first-order valence-corrected chi connectivity index (χ1v) is 5.17. The van der Waals surface area contributed by atoms with Crippen molar-refractivity contribution in [1.29, 1.82) is 0 Å². The highest BCUT2D eigenvalue weighted by molar-refractivity contribution is 6.29. The molecule has 74 valence electrons. The normalized spacial score (nSPS) is 29.2. The maximum absolute atomic E-state index is 5.91. The van der Waals surface area contributed by atoms with Gasteiger partial charge in [0.05, 0.1) is 23.4 Å². The smallest absolute Gasteiger partial charge is 0.129 e. The molecule has 0 amide bonds. The van der Waals surface area contributed by atoms with E-state index in [1.165, 1.54) is 0 Å². The molecule has 3 rings (SSSR count). The van der Waals surface area contributed by atoms with Gasteiger partial charge in [0.2, 0.25) is 0 Å². The number of aromatic nitrogens is 1. The van der Waals surface area contributed by atoms with Gasteiger partial charge in [0.25, 0.3) is 0 Å². The van der Waals surface area contributed by atoms with Crippen LogP contribution in [0, 0.1) is 0 Å². The van der Waals surface area contributed by atoms with Gasteiger partial charge in [0, 0.05) is 13.2 Å². The van der Waals surface area contributed by atoms with E-state index >= 15 is 0 Å². The first-order valence-electron chi connectivity index (χ1n) is 4.79. The number of anilines is 1. The van der Waals surface area contributed by atoms with Crippen LogP contribution < -0.4 is 5.32 Å². The summed E-state index contributed by atoms with van der Waals surface area (Å²) < 4.78 is 5.46. The van der Waals surface area contributed by atoms with Crippen LogP contribution in [-0.2, 0) is 10.2 Å². The molecule has 1 fully saturated rings. The molecule has 1 unspecified atom stereocenters. The minimum absolute atomic E-state index is 0.0836. The van der Waals surface area contributed by atoms with Crippen molar-refractivity contribution in [2.45, 2.75) is 11.8 Å². The Kier molecular flexibility index (Phi) is 1.73. The van der Waals surface area contributed by atoms with Gasteiger partial charge in [-0.2, -0.15) is 0 Å². The molecule has 1 N–H and O–H groups in total. The van der Waals surface area contributed by atoms with E-state index in [4.69, 9.17) is 16.3 Å². The van der Waals surface area contributed by atoms with Crippen LogP contribution in [-0.4, -0.2) is 24.7 Å². The monoisotopic (exact) mass is 210 g/mol. The zero-order valence-electron chi connectivity index (χ0n) is 7.72. The first-order chi connectivity index (χ1) is 6.80. The third-order valence-corrected chi connectivity index (χ3v) is 3.29. The highest BCUT2D eigenvalue weighted by atomic mass is 35.5. The van der Waals surface area contributed by atoms with Gasteiger partial charge in [-0.05, 0) is 18.6 Å². The van der Waals surface area contributed by atoms with Crippen molar-refractivity contribution in [1.82, 2.24) is 4.98 Å². The summed E-state index contributed by atoms with van der Waals surface area (Å²) in [5.74, 6) is 0. The standard InChI is InChI=1S/C10H11ClN2O/c11-8-2-1-7-9(13-8)10(5-12-7)3-4-14-6-10/h1-2,12H,3-6H2. The Hall–Kier alpha value is -0.800. The zero-order chi connectivity index (χ0) is 9.60. The van der Waals surface area contributed by atoms with Crippen LogP contribution in [0.15, 0.2) is 12.1 Å². The molecule has 0 radical (unpaired) electrons. The van der Waals surface area contributed by atoms with Crippen molar-refractivity contribution >= 4 is 17.3 Å². The number of ether oxygens (including phenoxy) is 1. The predicted octanol–water partition coefficient (Wildman–Crippen LogP) is 1.82. The highest BCUT2D eigenvalue weighted by Gasteiger charge is 2.43. The largest absolute Gasteiger partial charge is 0.383 e. The molecule has 0 aromatic carbocycles. The second-order valence-corrected chi connectivity index (χ2v) is 4.35. The quantitative estimate of drug-likeness (QED) is 0.664. The van der Waals surface area contributed by atoms with Crippen molar-refractivity contribution < 1.29 is 4.74 Å². The van der Waals surface area contributed by atoms with Crippen molar-refractivity contribution in [2.24, 2.45) is 0 Å². The lowest BCUT2D eigenvalue weighted by Gasteiger charge is -2.19. The molecule has 1 aromatic heterocycles. The number of nitrogens with one attached hydrogen (secondary N) is 1. The number of hydrogen-bond acceptors (Lipinski definition) is 3. The lowest BCUT2D eigenvalue weighted by molar-refractivity contribution is 0.180. The summed E-state index contributed by atoms with van der Waals surface area (Å²) in [6, 6.07) is 3.82. The van der Waals surface area contributed by atoms with E-state index in [0.29, 0.717) is 5.15 Å². The van der Waals surface area contributed by atoms with E-state index in [9.17, 15) is 0 Å². The minimum Gasteiger partial charge on any atom is -0.383 e. The van der Waals surface area contributed by atoms with Crippen LogP contribution >= 0.6 is 11.6 Å². The van der Waals surface area contributed by atoms with E-state index < -0.39 is 0 Å². The second-order valence-electron chi connectivity index (χ2n) is 3.97. The fraction of sp³-hybridized carbons (Fsp3) is 0.500. The van der Waals surface area contributed by atoms with Crippen LogP contribution in [0.3, 0.4) is 0 Å². The summed E-state index contributed by atoms with van der Waals surface area (Å²) >= 11 is 5.91. The average Bonchev–Trinajstić information content (AvgIpc) is 2.77. The van der Waals surface area contributed by atoms with Crippen molar-refractivity contribution in [3.63, 3.8) is 0 Å². The van der Waals surface area contributed by atoms with Crippen LogP contribution in [0.2, 0.25) is 5.15 Å². The molecule has 2 aliphatic rings. The van der Waals surface area contributed by atoms with E-state index in [1.54, 1.807) is 0 Å². The Labute approximate surface area is 87.4 Å². The number of hydrogen-bond donors (Lipinski definition) is 1. The zero-order valence-corrected chi connectivity index (χ0v) is 8.47. The maximum Gasteiger partial charge on any atom is 0.129 e. The summed E-state index contributed by atoms with van der Waals surface area (Å²) in [4.78, 5) is 4.41. The van der Waals surface area contributed by atoms with Crippen LogP contribution in [0.25, 0.3) is 0 Å². The summed E-state index contributed by atoms with van der Waals surface area (Å²) in [7, 11) is 0. The summed E-state index contributed by atoms with van der Waals surface area (Å²) in [6.07, 6.45) is 1.04. The van der Waals surface area contributed by atoms with Gasteiger partial charge >= 0.3 is 0 Å². The number of nitrogens with zero attached hydrogens (tertiary/aromatic N) is 1. The van der Waals surface area contributed by atoms with Crippen LogP contribution in [0.5, 0.6) is 0 Å². The fourth-order valence-corrected chi connectivity index (χ4v) is 2.41. The maximum atomic E-state index is 5.91. The van der Waals surface area contributed by atoms with Gasteiger partial charge in [-0.3, -0.25) is 0 Å². The Bertz CT molecular complexity index is 374. The molecule has 0 bridgehead atoms. The van der Waals surface area contributed by atoms with E-state index in [-0.39, 0.29) is 5.41 Å². The number of fused-ring (bicyclic) bond motifs is 2. The van der Waals surface area contributed by atoms with E-state index in [1.807, 2.05) is 12.1 Å². The minimum atomic E-state index is 0.0836.